The fraction of sp³-hybridized carbons (Fsp3) is 0.556. The predicted molar refractivity (Wildman–Crippen MR) is 102 cm³/mol. The van der Waals surface area contributed by atoms with E-state index in [-0.39, 0.29) is 0 Å². The second kappa shape index (κ2) is 5.99. The molecule has 0 saturated carbocycles. The van der Waals surface area contributed by atoms with Gasteiger partial charge in [-0.1, -0.05) is 0 Å². The van der Waals surface area contributed by atoms with Gasteiger partial charge in [0.1, 0.15) is 11.2 Å². The summed E-state index contributed by atoms with van der Waals surface area (Å²) in [5.41, 5.74) is 0.631. The Balaban J connectivity index is 1.86. The highest BCUT2D eigenvalue weighted by atomic mass is 16.7. The average Bonchev–Trinajstić information content (AvgIpc) is 2.95. The van der Waals surface area contributed by atoms with E-state index in [0.717, 1.165) is 10.8 Å². The van der Waals surface area contributed by atoms with Crippen LogP contribution in [0.15, 0.2) is 18.5 Å². The molecular weight excluding hydrogens is 333 g/mol. The van der Waals surface area contributed by atoms with Gasteiger partial charge in [-0.25, -0.2) is 9.78 Å². The molecule has 3 heterocycles. The Bertz CT molecular complexity index is 823. The number of amides is 1. The number of carbonyl (C=O) groups is 1. The van der Waals surface area contributed by atoms with Crippen molar-refractivity contribution in [1.82, 2.24) is 9.97 Å². The lowest BCUT2D eigenvalue weighted by molar-refractivity contribution is 0.00578. The molecular formula is C18H26BN3O4. The number of rotatable bonds is 2. The Hall–Kier alpha value is -2.06. The molecule has 7 nitrogen and oxygen atoms in total. The molecule has 3 rings (SSSR count). The fourth-order valence-electron chi connectivity index (χ4n) is 2.64. The van der Waals surface area contributed by atoms with Crippen molar-refractivity contribution in [3.63, 3.8) is 0 Å². The van der Waals surface area contributed by atoms with Crippen molar-refractivity contribution in [3.05, 3.63) is 18.5 Å². The molecule has 2 aromatic heterocycles. The Kier molecular flexibility index (Phi) is 4.32. The largest absolute Gasteiger partial charge is 0.496 e. The first-order valence-corrected chi connectivity index (χ1v) is 8.71. The molecule has 26 heavy (non-hydrogen) atoms. The van der Waals surface area contributed by atoms with E-state index < -0.39 is 30.0 Å². The maximum atomic E-state index is 12.1. The van der Waals surface area contributed by atoms with Gasteiger partial charge in [-0.3, -0.25) is 5.32 Å². The molecule has 2 N–H and O–H groups in total. The van der Waals surface area contributed by atoms with Crippen LogP contribution < -0.4 is 10.8 Å². The van der Waals surface area contributed by atoms with Crippen molar-refractivity contribution >= 4 is 35.4 Å². The summed E-state index contributed by atoms with van der Waals surface area (Å²) in [6.45, 7) is 13.5. The van der Waals surface area contributed by atoms with Crippen LogP contribution in [0.3, 0.4) is 0 Å². The molecule has 0 aromatic carbocycles. The van der Waals surface area contributed by atoms with Gasteiger partial charge in [-0.05, 0) is 54.5 Å². The standard InChI is InChI=1S/C18H26BN3O4/c1-16(2,3)24-15(23)22-13-10-21-14-12(13)8-11(9-20-14)19-25-17(4,5)18(6,7)26-19/h8-10H,1-7H3,(H,20,21)(H,22,23). The number of ether oxygens (including phenoxy) is 1. The van der Waals surface area contributed by atoms with Crippen molar-refractivity contribution in [2.45, 2.75) is 65.3 Å². The van der Waals surface area contributed by atoms with E-state index in [1.807, 2.05) is 54.5 Å². The van der Waals surface area contributed by atoms with Crippen LogP contribution in [0.5, 0.6) is 0 Å². The summed E-state index contributed by atoms with van der Waals surface area (Å²) in [7, 11) is -0.513. The van der Waals surface area contributed by atoms with Crippen LogP contribution >= 0.6 is 0 Å². The summed E-state index contributed by atoms with van der Waals surface area (Å²) in [6.07, 6.45) is 2.90. The van der Waals surface area contributed by atoms with E-state index in [9.17, 15) is 4.79 Å². The first-order valence-electron chi connectivity index (χ1n) is 8.71. The van der Waals surface area contributed by atoms with Crippen molar-refractivity contribution in [2.75, 3.05) is 5.32 Å². The van der Waals surface area contributed by atoms with Gasteiger partial charge in [0.2, 0.25) is 0 Å². The van der Waals surface area contributed by atoms with Gasteiger partial charge in [0.15, 0.2) is 0 Å². The van der Waals surface area contributed by atoms with E-state index in [1.54, 1.807) is 12.4 Å². The van der Waals surface area contributed by atoms with E-state index in [1.165, 1.54) is 0 Å². The second-order valence-corrected chi connectivity index (χ2v) is 8.58. The smallest absolute Gasteiger partial charge is 0.444 e. The first kappa shape index (κ1) is 18.7. The number of nitrogens with zero attached hydrogens (tertiary/aromatic N) is 1. The van der Waals surface area contributed by atoms with Crippen LogP contribution in [-0.4, -0.2) is 40.0 Å². The lowest BCUT2D eigenvalue weighted by atomic mass is 9.80. The molecule has 1 aliphatic heterocycles. The Morgan fingerprint density at radius 2 is 1.85 bits per heavy atom. The number of nitrogens with one attached hydrogen (secondary N) is 2. The Labute approximate surface area is 153 Å². The number of aromatic amines is 1. The third-order valence-electron chi connectivity index (χ3n) is 4.71. The summed E-state index contributed by atoms with van der Waals surface area (Å²) < 4.78 is 17.5. The van der Waals surface area contributed by atoms with Gasteiger partial charge < -0.3 is 19.0 Å². The number of anilines is 1. The number of hydrogen-bond acceptors (Lipinski definition) is 5. The number of H-pyrrole nitrogens is 1. The van der Waals surface area contributed by atoms with Gasteiger partial charge in [0.05, 0.1) is 16.9 Å². The van der Waals surface area contributed by atoms with Crippen LogP contribution in [0.25, 0.3) is 11.0 Å². The summed E-state index contributed by atoms with van der Waals surface area (Å²) in [5, 5.41) is 3.52. The molecule has 0 bridgehead atoms. The molecule has 0 aliphatic carbocycles. The van der Waals surface area contributed by atoms with E-state index in [4.69, 9.17) is 14.0 Å². The van der Waals surface area contributed by atoms with Gasteiger partial charge in [-0.15, -0.1) is 0 Å². The first-order chi connectivity index (χ1) is 11.9. The topological polar surface area (TPSA) is 85.5 Å². The summed E-state index contributed by atoms with van der Waals surface area (Å²) in [5.74, 6) is 0. The quantitative estimate of drug-likeness (QED) is 0.805. The monoisotopic (exact) mass is 359 g/mol. The summed E-state index contributed by atoms with van der Waals surface area (Å²) in [4.78, 5) is 19.5. The van der Waals surface area contributed by atoms with Crippen molar-refractivity contribution in [3.8, 4) is 0 Å². The number of carbonyl (C=O) groups excluding carboxylic acids is 1. The number of fused-ring (bicyclic) bond motifs is 1. The fourth-order valence-corrected chi connectivity index (χ4v) is 2.64. The van der Waals surface area contributed by atoms with Gasteiger partial charge >= 0.3 is 13.2 Å². The van der Waals surface area contributed by atoms with Crippen molar-refractivity contribution in [1.29, 1.82) is 0 Å². The van der Waals surface area contributed by atoms with Gasteiger partial charge in [0.25, 0.3) is 0 Å². The third-order valence-corrected chi connectivity index (χ3v) is 4.71. The van der Waals surface area contributed by atoms with E-state index >= 15 is 0 Å². The minimum atomic E-state index is -0.567. The maximum absolute atomic E-state index is 12.1. The Morgan fingerprint density at radius 1 is 1.23 bits per heavy atom. The number of pyridine rings is 1. The van der Waals surface area contributed by atoms with Crippen LogP contribution in [0.2, 0.25) is 0 Å². The molecule has 0 unspecified atom stereocenters. The minimum absolute atomic E-state index is 0.428. The van der Waals surface area contributed by atoms with Crippen molar-refractivity contribution < 1.29 is 18.8 Å². The number of aromatic nitrogens is 2. The molecule has 140 valence electrons. The van der Waals surface area contributed by atoms with Crippen LogP contribution in [0, 0.1) is 0 Å². The van der Waals surface area contributed by atoms with E-state index in [0.29, 0.717) is 11.3 Å². The third kappa shape index (κ3) is 3.57. The molecule has 1 aliphatic rings. The van der Waals surface area contributed by atoms with Crippen LogP contribution in [-0.2, 0) is 14.0 Å². The van der Waals surface area contributed by atoms with Gasteiger partial charge in [-0.2, -0.15) is 0 Å². The molecule has 1 fully saturated rings. The lowest BCUT2D eigenvalue weighted by Gasteiger charge is -2.32. The highest BCUT2D eigenvalue weighted by molar-refractivity contribution is 6.62. The van der Waals surface area contributed by atoms with Crippen LogP contribution in [0.1, 0.15) is 48.5 Å². The molecule has 0 spiro atoms. The van der Waals surface area contributed by atoms with E-state index in [2.05, 4.69) is 15.3 Å². The lowest BCUT2D eigenvalue weighted by Crippen LogP contribution is -2.41. The average molecular weight is 359 g/mol. The second-order valence-electron chi connectivity index (χ2n) is 8.58. The predicted octanol–water partition coefficient (Wildman–Crippen LogP) is 3.21. The highest BCUT2D eigenvalue weighted by Gasteiger charge is 2.51. The van der Waals surface area contributed by atoms with Crippen molar-refractivity contribution in [2.24, 2.45) is 0 Å². The normalized spacial score (nSPS) is 19.0. The Morgan fingerprint density at radius 3 is 2.42 bits per heavy atom. The molecule has 8 heteroatoms. The van der Waals surface area contributed by atoms with Gasteiger partial charge in [0, 0.05) is 23.2 Å². The zero-order valence-electron chi connectivity index (χ0n) is 16.4. The molecule has 0 radical (unpaired) electrons. The molecule has 1 amide bonds. The maximum Gasteiger partial charge on any atom is 0.496 e. The number of hydrogen-bond donors (Lipinski definition) is 2. The highest BCUT2D eigenvalue weighted by Crippen LogP contribution is 2.36. The molecule has 2 aromatic rings. The minimum Gasteiger partial charge on any atom is -0.444 e. The molecule has 1 saturated heterocycles. The summed E-state index contributed by atoms with van der Waals surface area (Å²) in [6, 6.07) is 1.91. The van der Waals surface area contributed by atoms with Crippen LogP contribution in [0.4, 0.5) is 10.5 Å². The SMILES string of the molecule is CC(C)(C)OC(=O)Nc1c[nH]c2ncc(B3OC(C)(C)C(C)(C)O3)cc12. The molecule has 0 atom stereocenters. The summed E-state index contributed by atoms with van der Waals surface area (Å²) >= 11 is 0. The zero-order valence-corrected chi connectivity index (χ0v) is 16.4. The zero-order chi connectivity index (χ0) is 19.3.